The van der Waals surface area contributed by atoms with Crippen molar-refractivity contribution >= 4 is 66.6 Å². The van der Waals surface area contributed by atoms with Crippen LogP contribution in [0.5, 0.6) is 51.7 Å². The minimum absolute atomic E-state index is 0.347. The zero-order chi connectivity index (χ0) is 41.0. The Morgan fingerprint density at radius 2 is 1.02 bits per heavy atom. The normalized spacial score (nSPS) is 12.3. The van der Waals surface area contributed by atoms with Crippen LogP contribution in [0.4, 0.5) is 17.1 Å². The van der Waals surface area contributed by atoms with E-state index in [4.69, 9.17) is 4.42 Å². The topological polar surface area (TPSA) is 198 Å². The third-order valence-electron chi connectivity index (χ3n) is 11.5. The minimum Gasteiger partial charge on any atom is -0.505 e. The van der Waals surface area contributed by atoms with Gasteiger partial charge in [0.15, 0.2) is 28.7 Å². The number of phenolic OH excluding ortho intramolecular Hbond substituents is 9. The highest BCUT2D eigenvalue weighted by Crippen LogP contribution is 2.63. The first-order valence-corrected chi connectivity index (χ1v) is 18.6. The second-order valence-corrected chi connectivity index (χ2v) is 14.6. The highest BCUT2D eigenvalue weighted by molar-refractivity contribution is 6.27. The van der Waals surface area contributed by atoms with Crippen molar-refractivity contribution in [2.45, 2.75) is 12.8 Å². The number of hydrogen-bond acceptors (Lipinski definition) is 11. The monoisotopic (exact) mass is 783 g/mol. The molecule has 0 fully saturated rings. The van der Waals surface area contributed by atoms with E-state index in [0.717, 1.165) is 62.6 Å². The maximum atomic E-state index is 12.2. The van der Waals surface area contributed by atoms with Crippen molar-refractivity contribution in [1.29, 1.82) is 0 Å². The molecule has 8 aromatic carbocycles. The summed E-state index contributed by atoms with van der Waals surface area (Å²) >= 11 is 0. The summed E-state index contributed by atoms with van der Waals surface area (Å²) in [6.07, 6.45) is 3.75. The van der Waals surface area contributed by atoms with Gasteiger partial charge in [-0.2, -0.15) is 0 Å². The Labute approximate surface area is 334 Å². The van der Waals surface area contributed by atoms with E-state index in [1.165, 1.54) is 16.0 Å². The van der Waals surface area contributed by atoms with Gasteiger partial charge in [-0.3, -0.25) is 0 Å². The van der Waals surface area contributed by atoms with Gasteiger partial charge in [0.05, 0.1) is 10.8 Å². The molecule has 11 nitrogen and oxygen atoms in total. The first kappa shape index (κ1) is 35.2. The van der Waals surface area contributed by atoms with Crippen molar-refractivity contribution < 1.29 is 50.4 Å². The van der Waals surface area contributed by atoms with Gasteiger partial charge in [0.1, 0.15) is 16.9 Å². The van der Waals surface area contributed by atoms with Crippen LogP contribution in [0.15, 0.2) is 114 Å². The van der Waals surface area contributed by atoms with Crippen LogP contribution in [0, 0.1) is 0 Å². The summed E-state index contributed by atoms with van der Waals surface area (Å²) in [5.74, 6) is -9.82. The van der Waals surface area contributed by atoms with E-state index >= 15 is 0 Å². The number of aryl methyl sites for hydroxylation is 2. The molecule has 1 aliphatic rings. The lowest BCUT2D eigenvalue weighted by molar-refractivity contribution is 0.348. The van der Waals surface area contributed by atoms with Crippen LogP contribution in [0.1, 0.15) is 16.7 Å². The van der Waals surface area contributed by atoms with Gasteiger partial charge in [0, 0.05) is 38.5 Å². The van der Waals surface area contributed by atoms with Gasteiger partial charge in [-0.25, -0.2) is 0 Å². The number of rotatable bonds is 6. The number of para-hydroxylation sites is 1. The van der Waals surface area contributed by atoms with E-state index in [2.05, 4.69) is 30.8 Å². The van der Waals surface area contributed by atoms with Crippen LogP contribution in [0.3, 0.4) is 0 Å². The molecule has 0 radical (unpaired) electrons. The number of nitrogens with zero attached hydrogens (tertiary/aromatic N) is 1. The van der Waals surface area contributed by atoms with E-state index in [0.29, 0.717) is 11.4 Å². The first-order chi connectivity index (χ1) is 28.5. The Morgan fingerprint density at radius 3 is 1.63 bits per heavy atom. The third kappa shape index (κ3) is 4.94. The number of hydrogen-bond donors (Lipinski definition) is 9. The lowest BCUT2D eigenvalue weighted by atomic mass is 9.85. The van der Waals surface area contributed by atoms with Crippen LogP contribution >= 0.6 is 0 Å². The predicted octanol–water partition coefficient (Wildman–Crippen LogP) is 10.8. The molecule has 9 N–H and O–H groups in total. The minimum atomic E-state index is -1.20. The van der Waals surface area contributed by atoms with Gasteiger partial charge >= 0.3 is 0 Å². The maximum absolute atomic E-state index is 12.2. The maximum Gasteiger partial charge on any atom is 0.205 e. The largest absolute Gasteiger partial charge is 0.505 e. The smallest absolute Gasteiger partial charge is 0.205 e. The molecular weight excluding hydrogens is 751 g/mol. The lowest BCUT2D eigenvalue weighted by Crippen LogP contribution is -2.11. The molecule has 0 atom stereocenters. The Hall–Kier alpha value is -8.18. The molecule has 0 unspecified atom stereocenters. The molecule has 1 aliphatic carbocycles. The SMILES string of the molecule is C=Cc1ccc(N(c2ccc(-c3ccc(-c4ccc5c(c4)CC5)c4oc5ccccc5c34)cc2)c2c(O)c3c(O)c(O)c(O)c(O)c3c3c(O)c(O)c(O)c(O)c23)cc1. The van der Waals surface area contributed by atoms with Gasteiger partial charge in [0.2, 0.25) is 23.0 Å². The first-order valence-electron chi connectivity index (χ1n) is 18.6. The van der Waals surface area contributed by atoms with Crippen molar-refractivity contribution in [1.82, 2.24) is 0 Å². The molecular formula is C48H33NO10. The third-order valence-corrected chi connectivity index (χ3v) is 11.5. The molecule has 59 heavy (non-hydrogen) atoms. The number of aromatic hydroxyl groups is 9. The number of benzene rings is 8. The molecule has 0 saturated heterocycles. The van der Waals surface area contributed by atoms with E-state index in [1.807, 2.05) is 42.5 Å². The predicted molar refractivity (Wildman–Crippen MR) is 227 cm³/mol. The summed E-state index contributed by atoms with van der Waals surface area (Å²) in [6.45, 7) is 3.82. The van der Waals surface area contributed by atoms with Gasteiger partial charge in [-0.15, -0.1) is 0 Å². The molecule has 0 amide bonds. The number of furan rings is 1. The standard InChI is InChI=1S/C48H33NO10/c1-2-22-7-15-27(16-8-22)49(38-36-34(40(51)44(55)46(57)42(36)53)35-37(39(38)50)43(54)47(58)45(56)41(35)52)28-17-13-24(14-18-28)29-19-20-30(26-12-10-23-9-11-25(23)21-26)48-33(29)31-5-3-4-6-32(31)59-48/h2-8,10,12-21,50-58H,1,9,11H2. The van der Waals surface area contributed by atoms with E-state index in [9.17, 15) is 46.0 Å². The average Bonchev–Trinajstić information content (AvgIpc) is 3.64. The Morgan fingerprint density at radius 1 is 0.475 bits per heavy atom. The van der Waals surface area contributed by atoms with Gasteiger partial charge < -0.3 is 55.3 Å². The fraction of sp³-hybridized carbons (Fsp3) is 0.0417. The van der Waals surface area contributed by atoms with Crippen molar-refractivity contribution in [2.24, 2.45) is 0 Å². The summed E-state index contributed by atoms with van der Waals surface area (Å²) in [4.78, 5) is 1.46. The molecule has 0 aliphatic heterocycles. The quantitative estimate of drug-likeness (QED) is 0.0442. The lowest BCUT2D eigenvalue weighted by Gasteiger charge is -2.29. The zero-order valence-corrected chi connectivity index (χ0v) is 30.9. The molecule has 11 heteroatoms. The van der Waals surface area contributed by atoms with E-state index in [-0.39, 0.29) is 5.69 Å². The fourth-order valence-electron chi connectivity index (χ4n) is 8.41. The Balaban J connectivity index is 1.23. The highest BCUT2D eigenvalue weighted by atomic mass is 16.4. The van der Waals surface area contributed by atoms with Gasteiger partial charge in [-0.1, -0.05) is 79.4 Å². The zero-order valence-electron chi connectivity index (χ0n) is 30.9. The molecule has 1 heterocycles. The van der Waals surface area contributed by atoms with Crippen molar-refractivity contribution in [3.8, 4) is 74.0 Å². The second-order valence-electron chi connectivity index (χ2n) is 14.6. The molecule has 290 valence electrons. The second kappa shape index (κ2) is 12.7. The fourth-order valence-corrected chi connectivity index (χ4v) is 8.41. The van der Waals surface area contributed by atoms with Gasteiger partial charge in [-0.05, 0) is 82.6 Å². The van der Waals surface area contributed by atoms with Crippen LogP contribution in [-0.4, -0.2) is 46.0 Å². The molecule has 0 saturated carbocycles. The average molecular weight is 784 g/mol. The summed E-state index contributed by atoms with van der Waals surface area (Å²) in [7, 11) is 0. The molecule has 9 aromatic rings. The van der Waals surface area contributed by atoms with E-state index < -0.39 is 73.3 Å². The van der Waals surface area contributed by atoms with Crippen LogP contribution in [0.2, 0.25) is 0 Å². The molecule has 0 bridgehead atoms. The van der Waals surface area contributed by atoms with Crippen molar-refractivity contribution in [3.63, 3.8) is 0 Å². The molecule has 0 spiro atoms. The van der Waals surface area contributed by atoms with E-state index in [1.54, 1.807) is 42.5 Å². The van der Waals surface area contributed by atoms with Crippen LogP contribution < -0.4 is 4.90 Å². The Kier molecular flexibility index (Phi) is 7.57. The van der Waals surface area contributed by atoms with Crippen LogP contribution in [-0.2, 0) is 12.8 Å². The van der Waals surface area contributed by atoms with Crippen LogP contribution in [0.25, 0.3) is 71.8 Å². The number of anilines is 3. The highest BCUT2D eigenvalue weighted by Gasteiger charge is 2.34. The summed E-state index contributed by atoms with van der Waals surface area (Å²) in [6, 6.07) is 32.5. The summed E-state index contributed by atoms with van der Waals surface area (Å²) < 4.78 is 6.55. The molecule has 1 aromatic heterocycles. The summed E-state index contributed by atoms with van der Waals surface area (Å²) in [5.41, 5.74) is 8.98. The van der Waals surface area contributed by atoms with Crippen molar-refractivity contribution in [2.75, 3.05) is 4.90 Å². The molecule has 10 rings (SSSR count). The number of fused-ring (bicyclic) bond motifs is 7. The number of phenols is 9. The summed E-state index contributed by atoms with van der Waals surface area (Å²) in [5, 5.41) is 99.3. The van der Waals surface area contributed by atoms with Gasteiger partial charge in [0.25, 0.3) is 0 Å². The Bertz CT molecular complexity index is 3280. The van der Waals surface area contributed by atoms with Crippen molar-refractivity contribution in [3.05, 3.63) is 126 Å².